The number of hydrogen-bond donors (Lipinski definition) is 1. The molecule has 0 bridgehead atoms. The molecule has 3 atom stereocenters. The van der Waals surface area contributed by atoms with Crippen molar-refractivity contribution >= 4 is 35.1 Å². The molecule has 2 aliphatic rings. The Bertz CT molecular complexity index is 622. The van der Waals surface area contributed by atoms with Crippen molar-refractivity contribution in [3.8, 4) is 0 Å². The fourth-order valence-corrected chi connectivity index (χ4v) is 3.40. The minimum Gasteiger partial charge on any atom is -0.479 e. The normalized spacial score (nSPS) is 27.5. The molecule has 0 spiro atoms. The van der Waals surface area contributed by atoms with E-state index in [-0.39, 0.29) is 30.9 Å². The van der Waals surface area contributed by atoms with Crippen molar-refractivity contribution < 1.29 is 19.4 Å². The zero-order valence-electron chi connectivity index (χ0n) is 11.7. The number of aliphatic carboxylic acids is 1. The van der Waals surface area contributed by atoms with Gasteiger partial charge in [-0.25, -0.2) is 4.79 Å². The molecule has 1 aliphatic heterocycles. The Morgan fingerprint density at radius 3 is 2.77 bits per heavy atom. The highest BCUT2D eigenvalue weighted by molar-refractivity contribution is 6.35. The van der Waals surface area contributed by atoms with Crippen LogP contribution in [0, 0.1) is 5.92 Å². The summed E-state index contributed by atoms with van der Waals surface area (Å²) in [6.07, 6.45) is -0.205. The molecule has 1 N–H and O–H groups in total. The molecule has 0 unspecified atom stereocenters. The van der Waals surface area contributed by atoms with E-state index in [9.17, 15) is 9.59 Å². The molecule has 7 heteroatoms. The number of benzene rings is 1. The Hall–Kier alpha value is -1.30. The average Bonchev–Trinajstić information content (AvgIpc) is 3.27. The molecule has 118 valence electrons. The molecule has 1 aromatic rings. The number of rotatable bonds is 3. The maximum absolute atomic E-state index is 12.5. The topological polar surface area (TPSA) is 66.8 Å². The quantitative estimate of drug-likeness (QED) is 0.915. The number of carbonyl (C=O) groups excluding carboxylic acids is 1. The van der Waals surface area contributed by atoms with Gasteiger partial charge >= 0.3 is 5.97 Å². The largest absolute Gasteiger partial charge is 0.479 e. The van der Waals surface area contributed by atoms with E-state index in [0.717, 1.165) is 12.0 Å². The molecule has 1 saturated heterocycles. The van der Waals surface area contributed by atoms with E-state index in [2.05, 4.69) is 0 Å². The number of nitrogens with zero attached hydrogens (tertiary/aromatic N) is 1. The summed E-state index contributed by atoms with van der Waals surface area (Å²) >= 11 is 12.1. The molecule has 1 heterocycles. The molecular weight excluding hydrogens is 329 g/mol. The van der Waals surface area contributed by atoms with Crippen LogP contribution in [0.3, 0.4) is 0 Å². The number of carboxylic acids is 1. The monoisotopic (exact) mass is 343 g/mol. The summed E-state index contributed by atoms with van der Waals surface area (Å²) < 4.78 is 5.13. The van der Waals surface area contributed by atoms with Crippen LogP contribution in [0.2, 0.25) is 10.0 Å². The third kappa shape index (κ3) is 3.07. The number of amides is 1. The van der Waals surface area contributed by atoms with E-state index in [0.29, 0.717) is 16.6 Å². The van der Waals surface area contributed by atoms with Crippen molar-refractivity contribution in [1.29, 1.82) is 0 Å². The highest BCUT2D eigenvalue weighted by atomic mass is 35.5. The van der Waals surface area contributed by atoms with Crippen LogP contribution in [0.4, 0.5) is 0 Å². The van der Waals surface area contributed by atoms with Crippen LogP contribution in [0.25, 0.3) is 0 Å². The summed E-state index contributed by atoms with van der Waals surface area (Å²) in [6.45, 7) is 0.785. The number of halogens is 2. The van der Waals surface area contributed by atoms with Crippen molar-refractivity contribution in [1.82, 2.24) is 4.90 Å². The highest BCUT2D eigenvalue weighted by Gasteiger charge is 2.47. The summed E-state index contributed by atoms with van der Waals surface area (Å²) in [5, 5.41) is 10.1. The first kappa shape index (κ1) is 15.6. The Morgan fingerprint density at radius 1 is 1.32 bits per heavy atom. The van der Waals surface area contributed by atoms with E-state index in [4.69, 9.17) is 33.0 Å². The van der Waals surface area contributed by atoms with Gasteiger partial charge in [-0.15, -0.1) is 0 Å². The average molecular weight is 344 g/mol. The second-order valence-corrected chi connectivity index (χ2v) is 6.44. The van der Waals surface area contributed by atoms with E-state index in [1.807, 2.05) is 6.07 Å². The van der Waals surface area contributed by atoms with Crippen LogP contribution in [0.15, 0.2) is 18.2 Å². The Morgan fingerprint density at radius 2 is 2.09 bits per heavy atom. The second kappa shape index (κ2) is 6.07. The van der Waals surface area contributed by atoms with Gasteiger partial charge in [0, 0.05) is 22.5 Å². The van der Waals surface area contributed by atoms with E-state index in [1.165, 1.54) is 0 Å². The van der Waals surface area contributed by atoms with Gasteiger partial charge in [-0.1, -0.05) is 29.3 Å². The zero-order chi connectivity index (χ0) is 15.9. The lowest BCUT2D eigenvalue weighted by Gasteiger charge is -2.31. The lowest BCUT2D eigenvalue weighted by Crippen LogP contribution is -2.49. The van der Waals surface area contributed by atoms with Gasteiger partial charge in [0.15, 0.2) is 6.10 Å². The summed E-state index contributed by atoms with van der Waals surface area (Å²) in [5.41, 5.74) is 0.924. The smallest absolute Gasteiger partial charge is 0.334 e. The van der Waals surface area contributed by atoms with Gasteiger partial charge in [0.05, 0.1) is 13.2 Å². The number of ether oxygens (including phenoxy) is 1. The Labute approximate surface area is 137 Å². The third-order valence-electron chi connectivity index (χ3n) is 4.12. The predicted octanol–water partition coefficient (Wildman–Crippen LogP) is 2.41. The lowest BCUT2D eigenvalue weighted by molar-refractivity contribution is -0.159. The van der Waals surface area contributed by atoms with Crippen LogP contribution < -0.4 is 0 Å². The maximum atomic E-state index is 12.5. The molecular formula is C15H15Cl2NO4. The van der Waals surface area contributed by atoms with Gasteiger partial charge < -0.3 is 14.7 Å². The number of carboxylic acid groups (broad SMARTS) is 1. The van der Waals surface area contributed by atoms with Crippen LogP contribution in [-0.4, -0.2) is 47.7 Å². The van der Waals surface area contributed by atoms with Gasteiger partial charge in [0.1, 0.15) is 0 Å². The molecule has 1 saturated carbocycles. The zero-order valence-corrected chi connectivity index (χ0v) is 13.2. The fraction of sp³-hybridized carbons (Fsp3) is 0.467. The van der Waals surface area contributed by atoms with Crippen LogP contribution in [0.1, 0.15) is 17.9 Å². The summed E-state index contributed by atoms with van der Waals surface area (Å²) in [6, 6.07) is 5.29. The maximum Gasteiger partial charge on any atom is 0.334 e. The highest BCUT2D eigenvalue weighted by Crippen LogP contribution is 2.50. The van der Waals surface area contributed by atoms with Crippen molar-refractivity contribution in [2.45, 2.75) is 18.4 Å². The van der Waals surface area contributed by atoms with E-state index >= 15 is 0 Å². The van der Waals surface area contributed by atoms with E-state index in [1.54, 1.807) is 17.0 Å². The minimum absolute atomic E-state index is 0.0226. The molecule has 1 aromatic carbocycles. The summed E-state index contributed by atoms with van der Waals surface area (Å²) in [7, 11) is 0. The Kier molecular flexibility index (Phi) is 4.30. The molecule has 22 heavy (non-hydrogen) atoms. The first-order valence-electron chi connectivity index (χ1n) is 7.05. The second-order valence-electron chi connectivity index (χ2n) is 5.60. The third-order valence-corrected chi connectivity index (χ3v) is 4.69. The predicted molar refractivity (Wildman–Crippen MR) is 81.3 cm³/mol. The molecule has 1 aliphatic carbocycles. The standard InChI is InChI=1S/C15H15Cl2NO4/c16-8-1-2-9(12(17)5-8)10-6-11(10)14(19)18-3-4-22-13(7-18)15(20)21/h1-2,5,10-11,13H,3-4,6-7H2,(H,20,21)/t10-,11-,13+/m1/s1. The van der Waals surface area contributed by atoms with Crippen molar-refractivity contribution in [3.05, 3.63) is 33.8 Å². The van der Waals surface area contributed by atoms with Gasteiger partial charge in [-0.2, -0.15) is 0 Å². The van der Waals surface area contributed by atoms with Crippen LogP contribution >= 0.6 is 23.2 Å². The van der Waals surface area contributed by atoms with Crippen LogP contribution in [-0.2, 0) is 14.3 Å². The molecule has 3 rings (SSSR count). The van der Waals surface area contributed by atoms with Gasteiger partial charge in [0.25, 0.3) is 0 Å². The lowest BCUT2D eigenvalue weighted by atomic mass is 10.1. The minimum atomic E-state index is -1.04. The van der Waals surface area contributed by atoms with Crippen molar-refractivity contribution in [2.75, 3.05) is 19.7 Å². The van der Waals surface area contributed by atoms with Gasteiger partial charge in [-0.3, -0.25) is 4.79 Å². The van der Waals surface area contributed by atoms with Crippen LogP contribution in [0.5, 0.6) is 0 Å². The van der Waals surface area contributed by atoms with Crippen molar-refractivity contribution in [3.63, 3.8) is 0 Å². The summed E-state index contributed by atoms with van der Waals surface area (Å²) in [5.74, 6) is -1.11. The molecule has 2 fully saturated rings. The first-order chi connectivity index (χ1) is 10.5. The Balaban J connectivity index is 1.66. The number of hydrogen-bond acceptors (Lipinski definition) is 3. The number of morpholine rings is 1. The molecule has 1 amide bonds. The number of carbonyl (C=O) groups is 2. The SMILES string of the molecule is O=C(O)[C@@H]1CN(C(=O)[C@@H]2C[C@@H]2c2ccc(Cl)cc2Cl)CCO1. The van der Waals surface area contributed by atoms with Gasteiger partial charge in [0.2, 0.25) is 5.91 Å². The van der Waals surface area contributed by atoms with Crippen molar-refractivity contribution in [2.24, 2.45) is 5.92 Å². The molecule has 0 aromatic heterocycles. The van der Waals surface area contributed by atoms with E-state index < -0.39 is 12.1 Å². The molecule has 5 nitrogen and oxygen atoms in total. The first-order valence-corrected chi connectivity index (χ1v) is 7.81. The van der Waals surface area contributed by atoms with Gasteiger partial charge in [-0.05, 0) is 30.0 Å². The molecule has 0 radical (unpaired) electrons. The fourth-order valence-electron chi connectivity index (χ4n) is 2.85. The summed E-state index contributed by atoms with van der Waals surface area (Å²) in [4.78, 5) is 25.1.